The summed E-state index contributed by atoms with van der Waals surface area (Å²) in [5, 5.41) is 2.84. The maximum atomic E-state index is 12.0. The van der Waals surface area contributed by atoms with Gasteiger partial charge in [0, 0.05) is 36.9 Å². The lowest BCUT2D eigenvalue weighted by Crippen LogP contribution is -2.26. The first-order valence-corrected chi connectivity index (χ1v) is 6.40. The number of carbonyl (C=O) groups excluding carboxylic acids is 1. The highest BCUT2D eigenvalue weighted by Gasteiger charge is 2.18. The first kappa shape index (κ1) is 15.4. The Bertz CT molecular complexity index is 439. The fourth-order valence-corrected chi connectivity index (χ4v) is 1.59. The maximum Gasteiger partial charge on any atom is 0.251 e. The van der Waals surface area contributed by atoms with Crippen LogP contribution in [0.5, 0.6) is 0 Å². The van der Waals surface area contributed by atoms with Crippen LogP contribution in [0.15, 0.2) is 12.1 Å². The van der Waals surface area contributed by atoms with Gasteiger partial charge in [0.15, 0.2) is 0 Å². The number of aromatic nitrogens is 1. The molecule has 0 aromatic carbocycles. The third-order valence-electron chi connectivity index (χ3n) is 2.69. The van der Waals surface area contributed by atoms with Crippen LogP contribution in [-0.4, -0.2) is 31.2 Å². The molecule has 1 heterocycles. The molecule has 1 aromatic heterocycles. The van der Waals surface area contributed by atoms with Crippen LogP contribution in [0.3, 0.4) is 0 Å². The van der Waals surface area contributed by atoms with E-state index in [4.69, 9.17) is 10.5 Å². The number of rotatable bonds is 5. The number of anilines is 1. The number of methoxy groups -OCH3 is 1. The van der Waals surface area contributed by atoms with Crippen molar-refractivity contribution >= 4 is 11.7 Å². The van der Waals surface area contributed by atoms with E-state index in [1.54, 1.807) is 19.2 Å². The van der Waals surface area contributed by atoms with Gasteiger partial charge in [0.05, 0.1) is 0 Å². The maximum absolute atomic E-state index is 12.0. The summed E-state index contributed by atoms with van der Waals surface area (Å²) in [5.74, 6) is 0.241. The second kappa shape index (κ2) is 6.52. The molecule has 5 nitrogen and oxygen atoms in total. The number of hydrogen-bond donors (Lipinski definition) is 2. The fraction of sp³-hybridized carbons (Fsp3) is 0.571. The van der Waals surface area contributed by atoms with Gasteiger partial charge in [-0.05, 0) is 18.6 Å². The lowest BCUT2D eigenvalue weighted by molar-refractivity contribution is 0.0948. The highest BCUT2D eigenvalue weighted by molar-refractivity contribution is 5.94. The Kier molecular flexibility index (Phi) is 5.30. The second-order valence-corrected chi connectivity index (χ2v) is 5.52. The van der Waals surface area contributed by atoms with Gasteiger partial charge in [0.25, 0.3) is 5.91 Å². The average Bonchev–Trinajstić information content (AvgIpc) is 2.32. The second-order valence-electron chi connectivity index (χ2n) is 5.52. The van der Waals surface area contributed by atoms with Crippen LogP contribution >= 0.6 is 0 Å². The van der Waals surface area contributed by atoms with Crippen molar-refractivity contribution in [3.05, 3.63) is 23.4 Å². The summed E-state index contributed by atoms with van der Waals surface area (Å²) in [4.78, 5) is 16.3. The summed E-state index contributed by atoms with van der Waals surface area (Å²) < 4.78 is 4.93. The molecule has 0 atom stereocenters. The molecule has 19 heavy (non-hydrogen) atoms. The molecule has 0 fully saturated rings. The van der Waals surface area contributed by atoms with Gasteiger partial charge in [-0.25, -0.2) is 4.98 Å². The number of amides is 1. The lowest BCUT2D eigenvalue weighted by Gasteiger charge is -2.19. The highest BCUT2D eigenvalue weighted by atomic mass is 16.5. The number of hydrogen-bond acceptors (Lipinski definition) is 4. The molecule has 0 bridgehead atoms. The molecule has 0 spiro atoms. The van der Waals surface area contributed by atoms with Crippen LogP contribution in [0.1, 0.15) is 43.2 Å². The van der Waals surface area contributed by atoms with Gasteiger partial charge in [-0.15, -0.1) is 0 Å². The van der Waals surface area contributed by atoms with E-state index in [2.05, 4.69) is 10.3 Å². The number of carbonyl (C=O) groups is 1. The summed E-state index contributed by atoms with van der Waals surface area (Å²) in [5.41, 5.74) is 6.99. The fourth-order valence-electron chi connectivity index (χ4n) is 1.59. The lowest BCUT2D eigenvalue weighted by atomic mass is 9.90. The first-order valence-electron chi connectivity index (χ1n) is 6.40. The summed E-state index contributed by atoms with van der Waals surface area (Å²) >= 11 is 0. The molecule has 3 N–H and O–H groups in total. The Balaban J connectivity index is 2.77. The largest absolute Gasteiger partial charge is 0.385 e. The van der Waals surface area contributed by atoms with Gasteiger partial charge in [-0.2, -0.15) is 0 Å². The van der Waals surface area contributed by atoms with Gasteiger partial charge >= 0.3 is 0 Å². The average molecular weight is 265 g/mol. The van der Waals surface area contributed by atoms with Gasteiger partial charge in [-0.1, -0.05) is 20.8 Å². The number of nitrogens with two attached hydrogens (primary N) is 1. The summed E-state index contributed by atoms with van der Waals surface area (Å²) in [7, 11) is 1.64. The van der Waals surface area contributed by atoms with Crippen molar-refractivity contribution in [2.75, 3.05) is 26.0 Å². The van der Waals surface area contributed by atoms with E-state index >= 15 is 0 Å². The zero-order valence-corrected chi connectivity index (χ0v) is 12.1. The van der Waals surface area contributed by atoms with E-state index in [-0.39, 0.29) is 11.3 Å². The number of pyridine rings is 1. The molecule has 1 amide bonds. The van der Waals surface area contributed by atoms with Gasteiger partial charge in [-0.3, -0.25) is 4.79 Å². The van der Waals surface area contributed by atoms with E-state index in [1.807, 2.05) is 20.8 Å². The number of nitrogen functional groups attached to an aromatic ring is 1. The molecule has 1 aromatic rings. The monoisotopic (exact) mass is 265 g/mol. The predicted molar refractivity (Wildman–Crippen MR) is 76.2 cm³/mol. The Morgan fingerprint density at radius 2 is 2.11 bits per heavy atom. The summed E-state index contributed by atoms with van der Waals surface area (Å²) in [6.45, 7) is 7.32. The topological polar surface area (TPSA) is 77.2 Å². The quantitative estimate of drug-likeness (QED) is 0.795. The van der Waals surface area contributed by atoms with Gasteiger partial charge in [0.1, 0.15) is 5.82 Å². The van der Waals surface area contributed by atoms with Crippen LogP contribution in [0.4, 0.5) is 5.82 Å². The van der Waals surface area contributed by atoms with Crippen molar-refractivity contribution in [3.63, 3.8) is 0 Å². The van der Waals surface area contributed by atoms with E-state index in [0.29, 0.717) is 24.5 Å². The van der Waals surface area contributed by atoms with Crippen molar-refractivity contribution < 1.29 is 9.53 Å². The molecule has 0 aliphatic rings. The Morgan fingerprint density at radius 3 is 2.68 bits per heavy atom. The molecule has 1 rings (SSSR count). The SMILES string of the molecule is COCCCNC(=O)c1cc(N)nc(C(C)(C)C)c1. The Labute approximate surface area is 114 Å². The van der Waals surface area contributed by atoms with Crippen LogP contribution in [0.25, 0.3) is 0 Å². The molecule has 0 aliphatic carbocycles. The number of nitrogens with one attached hydrogen (secondary N) is 1. The smallest absolute Gasteiger partial charge is 0.251 e. The third kappa shape index (κ3) is 4.87. The van der Waals surface area contributed by atoms with Crippen LogP contribution < -0.4 is 11.1 Å². The molecule has 0 saturated heterocycles. The standard InChI is InChI=1S/C14H23N3O2/c1-14(2,3)11-8-10(9-12(15)17-11)13(18)16-6-5-7-19-4/h8-9H,5-7H2,1-4H3,(H2,15,17)(H,16,18). The Morgan fingerprint density at radius 1 is 1.42 bits per heavy atom. The molecule has 5 heteroatoms. The van der Waals surface area contributed by atoms with Crippen molar-refractivity contribution in [2.45, 2.75) is 32.6 Å². The number of ether oxygens (including phenoxy) is 1. The minimum atomic E-state index is -0.138. The van der Waals surface area contributed by atoms with Crippen LogP contribution in [-0.2, 0) is 10.2 Å². The Hall–Kier alpha value is -1.62. The van der Waals surface area contributed by atoms with E-state index in [9.17, 15) is 4.79 Å². The molecule has 0 saturated carbocycles. The zero-order valence-electron chi connectivity index (χ0n) is 12.1. The number of nitrogens with zero attached hydrogens (tertiary/aromatic N) is 1. The summed E-state index contributed by atoms with van der Waals surface area (Å²) in [6.07, 6.45) is 0.787. The normalized spacial score (nSPS) is 11.4. The molecule has 0 unspecified atom stereocenters. The van der Waals surface area contributed by atoms with Crippen molar-refractivity contribution in [2.24, 2.45) is 0 Å². The van der Waals surface area contributed by atoms with Crippen molar-refractivity contribution in [1.29, 1.82) is 0 Å². The van der Waals surface area contributed by atoms with Crippen LogP contribution in [0.2, 0.25) is 0 Å². The van der Waals surface area contributed by atoms with Gasteiger partial charge in [0.2, 0.25) is 0 Å². The highest BCUT2D eigenvalue weighted by Crippen LogP contribution is 2.22. The van der Waals surface area contributed by atoms with Crippen molar-refractivity contribution in [1.82, 2.24) is 10.3 Å². The molecule has 0 aliphatic heterocycles. The third-order valence-corrected chi connectivity index (χ3v) is 2.69. The molecule has 106 valence electrons. The molecular formula is C14H23N3O2. The zero-order chi connectivity index (χ0) is 14.5. The van der Waals surface area contributed by atoms with Crippen LogP contribution in [0, 0.1) is 0 Å². The van der Waals surface area contributed by atoms with E-state index in [0.717, 1.165) is 12.1 Å². The van der Waals surface area contributed by atoms with E-state index < -0.39 is 0 Å². The van der Waals surface area contributed by atoms with E-state index in [1.165, 1.54) is 0 Å². The van der Waals surface area contributed by atoms with Gasteiger partial charge < -0.3 is 15.8 Å². The molecular weight excluding hydrogens is 242 g/mol. The predicted octanol–water partition coefficient (Wildman–Crippen LogP) is 1.73. The minimum Gasteiger partial charge on any atom is -0.385 e. The van der Waals surface area contributed by atoms with Crippen molar-refractivity contribution in [3.8, 4) is 0 Å². The first-order chi connectivity index (χ1) is 8.84. The molecule has 0 radical (unpaired) electrons. The summed E-state index contributed by atoms with van der Waals surface area (Å²) in [6, 6.07) is 3.39. The minimum absolute atomic E-state index is 0.129.